The van der Waals surface area contributed by atoms with Gasteiger partial charge in [0.1, 0.15) is 0 Å². The molecular formula is C18H20N6O6S2. The summed E-state index contributed by atoms with van der Waals surface area (Å²) in [7, 11) is 0. The van der Waals surface area contributed by atoms with Crippen LogP contribution in [0.5, 0.6) is 0 Å². The molecule has 2 amide bonds. The van der Waals surface area contributed by atoms with Gasteiger partial charge in [-0.25, -0.2) is 10.9 Å². The summed E-state index contributed by atoms with van der Waals surface area (Å²) in [6.45, 7) is 0. The number of rotatable bonds is 13. The molecule has 0 aliphatic heterocycles. The summed E-state index contributed by atoms with van der Waals surface area (Å²) >= 11 is 1.92. The fourth-order valence-electron chi connectivity index (χ4n) is 2.39. The van der Waals surface area contributed by atoms with Gasteiger partial charge in [0, 0.05) is 25.0 Å². The average molecular weight is 481 g/mol. The summed E-state index contributed by atoms with van der Waals surface area (Å²) in [4.78, 5) is 44.8. The second kappa shape index (κ2) is 13.0. The van der Waals surface area contributed by atoms with Gasteiger partial charge in [0.25, 0.3) is 0 Å². The van der Waals surface area contributed by atoms with Crippen molar-refractivity contribution in [1.82, 2.24) is 10.9 Å². The van der Waals surface area contributed by atoms with Crippen molar-refractivity contribution < 1.29 is 19.4 Å². The lowest BCUT2D eigenvalue weighted by Gasteiger charge is -2.01. The van der Waals surface area contributed by atoms with Crippen molar-refractivity contribution >= 4 is 56.9 Å². The number of carbonyl (C=O) groups excluding carboxylic acids is 2. The zero-order valence-electron chi connectivity index (χ0n) is 16.8. The largest absolute Gasteiger partial charge is 0.324 e. The highest BCUT2D eigenvalue weighted by atomic mass is 32.1. The maximum absolute atomic E-state index is 11.7. The van der Waals surface area contributed by atoms with Crippen LogP contribution in [-0.2, 0) is 9.59 Å². The highest BCUT2D eigenvalue weighted by Crippen LogP contribution is 2.23. The monoisotopic (exact) mass is 480 g/mol. The lowest BCUT2D eigenvalue weighted by Crippen LogP contribution is -2.17. The second-order valence-corrected chi connectivity index (χ2v) is 8.55. The zero-order valence-corrected chi connectivity index (χ0v) is 18.4. The van der Waals surface area contributed by atoms with Crippen molar-refractivity contribution in [3.63, 3.8) is 0 Å². The van der Waals surface area contributed by atoms with Gasteiger partial charge >= 0.3 is 10.0 Å². The third-order valence-electron chi connectivity index (χ3n) is 3.90. The number of carbonyl (C=O) groups is 2. The summed E-state index contributed by atoms with van der Waals surface area (Å²) in [5.41, 5.74) is 4.75. The number of amides is 2. The average Bonchev–Trinajstić information content (AvgIpc) is 3.40. The zero-order chi connectivity index (χ0) is 23.3. The second-order valence-electron chi connectivity index (χ2n) is 6.37. The van der Waals surface area contributed by atoms with Crippen LogP contribution in [0.25, 0.3) is 0 Å². The van der Waals surface area contributed by atoms with Crippen LogP contribution >= 0.6 is 22.7 Å². The first-order valence-corrected chi connectivity index (χ1v) is 11.1. The fraction of sp³-hybridized carbons (Fsp3) is 0.333. The lowest BCUT2D eigenvalue weighted by molar-refractivity contribution is -0.380. The van der Waals surface area contributed by atoms with Crippen molar-refractivity contribution in [3.8, 4) is 0 Å². The van der Waals surface area contributed by atoms with Crippen molar-refractivity contribution in [3.05, 3.63) is 54.2 Å². The molecule has 0 saturated carbocycles. The third kappa shape index (κ3) is 9.09. The quantitative estimate of drug-likeness (QED) is 0.192. The number of hydrogen-bond donors (Lipinski definition) is 2. The summed E-state index contributed by atoms with van der Waals surface area (Å²) in [5.74, 6) is -0.513. The van der Waals surface area contributed by atoms with E-state index in [2.05, 4.69) is 21.1 Å². The minimum absolute atomic E-state index is 0.00653. The number of nitro groups is 2. The Morgan fingerprint density at radius 3 is 1.53 bits per heavy atom. The van der Waals surface area contributed by atoms with Crippen molar-refractivity contribution in [1.29, 1.82) is 0 Å². The van der Waals surface area contributed by atoms with E-state index in [1.54, 1.807) is 12.1 Å². The molecule has 2 rings (SSSR count). The van der Waals surface area contributed by atoms with E-state index in [1.807, 2.05) is 0 Å². The molecule has 12 nitrogen and oxygen atoms in total. The predicted molar refractivity (Wildman–Crippen MR) is 121 cm³/mol. The summed E-state index contributed by atoms with van der Waals surface area (Å²) in [5, 5.41) is 28.8. The molecule has 32 heavy (non-hydrogen) atoms. The van der Waals surface area contributed by atoms with E-state index in [1.165, 1.54) is 24.6 Å². The van der Waals surface area contributed by atoms with Crippen LogP contribution in [0.3, 0.4) is 0 Å². The Kier molecular flexibility index (Phi) is 10.1. The van der Waals surface area contributed by atoms with Crippen LogP contribution in [0.2, 0.25) is 0 Å². The molecule has 0 atom stereocenters. The Morgan fingerprint density at radius 1 is 0.781 bits per heavy atom. The first-order valence-electron chi connectivity index (χ1n) is 9.47. The molecule has 0 aromatic carbocycles. The summed E-state index contributed by atoms with van der Waals surface area (Å²) < 4.78 is 0. The van der Waals surface area contributed by atoms with E-state index < -0.39 is 9.85 Å². The van der Waals surface area contributed by atoms with E-state index >= 15 is 0 Å². The Labute approximate surface area is 190 Å². The van der Waals surface area contributed by atoms with Gasteiger partial charge in [-0.1, -0.05) is 35.5 Å². The standard InChI is InChI=1S/C18H20N6O6S2/c25-15(21-19-11-13-7-9-17(31-13)23(27)28)5-3-1-2-4-6-16(26)22-20-12-14-8-10-18(32-14)24(29)30/h7-12H,1-6H2,(H,21,25)(H,22,26)/b19-11-,20-12-. The van der Waals surface area contributed by atoms with Gasteiger partial charge in [-0.3, -0.25) is 29.8 Å². The predicted octanol–water partition coefficient (Wildman–Crippen LogP) is 3.57. The van der Waals surface area contributed by atoms with Crippen LogP contribution < -0.4 is 10.9 Å². The molecule has 2 aromatic rings. The number of nitrogens with one attached hydrogen (secondary N) is 2. The summed E-state index contributed by atoms with van der Waals surface area (Å²) in [6, 6.07) is 5.85. The molecule has 2 heterocycles. The van der Waals surface area contributed by atoms with Crippen molar-refractivity contribution in [2.45, 2.75) is 38.5 Å². The van der Waals surface area contributed by atoms with Crippen LogP contribution in [-0.4, -0.2) is 34.1 Å². The molecule has 170 valence electrons. The van der Waals surface area contributed by atoms with Gasteiger partial charge in [-0.15, -0.1) is 0 Å². The number of hydrogen-bond acceptors (Lipinski definition) is 10. The molecule has 2 aromatic heterocycles. The van der Waals surface area contributed by atoms with E-state index in [0.29, 0.717) is 22.6 Å². The van der Waals surface area contributed by atoms with Crippen LogP contribution in [0.4, 0.5) is 10.0 Å². The van der Waals surface area contributed by atoms with Gasteiger partial charge in [0.15, 0.2) is 0 Å². The maximum atomic E-state index is 11.7. The third-order valence-corrected chi connectivity index (χ3v) is 5.85. The molecular weight excluding hydrogens is 460 g/mol. The van der Waals surface area contributed by atoms with Crippen molar-refractivity contribution in [2.75, 3.05) is 0 Å². The van der Waals surface area contributed by atoms with Gasteiger partial charge in [0.05, 0.1) is 32.0 Å². The number of hydrazone groups is 2. The Morgan fingerprint density at radius 2 is 1.19 bits per heavy atom. The molecule has 0 unspecified atom stereocenters. The first-order chi connectivity index (χ1) is 15.3. The fourth-order valence-corrected chi connectivity index (χ4v) is 3.78. The molecule has 14 heteroatoms. The van der Waals surface area contributed by atoms with Gasteiger partial charge in [-0.05, 0) is 25.0 Å². The Hall–Kier alpha value is -3.52. The molecule has 0 aliphatic rings. The van der Waals surface area contributed by atoms with Gasteiger partial charge in [-0.2, -0.15) is 10.2 Å². The minimum Gasteiger partial charge on any atom is -0.273 e. The molecule has 0 saturated heterocycles. The SMILES string of the molecule is O=C(CCCCCCC(=O)N/N=C\c1ccc([N+](=O)[O-])s1)N/N=C\c1ccc([N+](=O)[O-])s1. The molecule has 0 spiro atoms. The van der Waals surface area contributed by atoms with E-state index in [0.717, 1.165) is 35.5 Å². The first kappa shape index (κ1) is 24.7. The summed E-state index contributed by atoms with van der Waals surface area (Å²) in [6.07, 6.45) is 6.10. The van der Waals surface area contributed by atoms with Crippen LogP contribution in [0, 0.1) is 20.2 Å². The van der Waals surface area contributed by atoms with Gasteiger partial charge in [0.2, 0.25) is 11.8 Å². The van der Waals surface area contributed by atoms with E-state index in [9.17, 15) is 29.8 Å². The number of nitrogens with zero attached hydrogens (tertiary/aromatic N) is 4. The Balaban J connectivity index is 1.51. The molecule has 0 aliphatic carbocycles. The van der Waals surface area contributed by atoms with E-state index in [4.69, 9.17) is 0 Å². The molecule has 2 N–H and O–H groups in total. The van der Waals surface area contributed by atoms with Crippen LogP contribution in [0.15, 0.2) is 34.5 Å². The highest BCUT2D eigenvalue weighted by Gasteiger charge is 2.09. The smallest absolute Gasteiger partial charge is 0.273 e. The number of thiophene rings is 2. The molecule has 0 fully saturated rings. The molecule has 0 radical (unpaired) electrons. The highest BCUT2D eigenvalue weighted by molar-refractivity contribution is 7.17. The van der Waals surface area contributed by atoms with Gasteiger partial charge < -0.3 is 0 Å². The van der Waals surface area contributed by atoms with Crippen molar-refractivity contribution in [2.24, 2.45) is 10.2 Å². The minimum atomic E-state index is -0.488. The molecule has 0 bridgehead atoms. The lowest BCUT2D eigenvalue weighted by atomic mass is 10.1. The normalized spacial score (nSPS) is 11.1. The van der Waals surface area contributed by atoms with Crippen LogP contribution in [0.1, 0.15) is 48.3 Å². The number of unbranched alkanes of at least 4 members (excludes halogenated alkanes) is 3. The Bertz CT molecular complexity index is 935. The maximum Gasteiger partial charge on any atom is 0.324 e. The topological polar surface area (TPSA) is 169 Å². The van der Waals surface area contributed by atoms with E-state index in [-0.39, 0.29) is 34.7 Å².